The van der Waals surface area contributed by atoms with Crippen molar-refractivity contribution in [2.75, 3.05) is 47.5 Å². The first-order valence-corrected chi connectivity index (χ1v) is 23.6. The maximum atomic E-state index is 12.6. The molecule has 0 aliphatic carbocycles. The number of esters is 2. The van der Waals surface area contributed by atoms with Crippen molar-refractivity contribution >= 4 is 19.8 Å². The van der Waals surface area contributed by atoms with Gasteiger partial charge in [0, 0.05) is 12.8 Å². The van der Waals surface area contributed by atoms with Crippen LogP contribution in [0.1, 0.15) is 155 Å². The lowest BCUT2D eigenvalue weighted by molar-refractivity contribution is -0.870. The number of carbonyl (C=O) groups is 2. The van der Waals surface area contributed by atoms with E-state index in [1.165, 1.54) is 64.2 Å². The monoisotopic (exact) mass is 822 g/mol. The van der Waals surface area contributed by atoms with Gasteiger partial charge in [0.15, 0.2) is 6.10 Å². The number of ether oxygens (including phenoxy) is 3. The topological polar surface area (TPSA) is 124 Å². The van der Waals surface area contributed by atoms with Crippen LogP contribution < -0.4 is 4.89 Å². The van der Waals surface area contributed by atoms with Gasteiger partial charge in [-0.15, -0.1) is 0 Å². The van der Waals surface area contributed by atoms with Crippen molar-refractivity contribution in [3.8, 4) is 0 Å². The van der Waals surface area contributed by atoms with Crippen molar-refractivity contribution < 1.29 is 46.8 Å². The van der Waals surface area contributed by atoms with E-state index in [-0.39, 0.29) is 26.1 Å². The number of epoxide rings is 1. The van der Waals surface area contributed by atoms with Gasteiger partial charge in [-0.1, -0.05) is 152 Å². The SMILES string of the molecule is CC/C=C\CC1OC1C/C=C\C/C=C\C/C=C\C/C=C\CCC(=O)O[C@H](COC(=O)CCCCCCCCCCCCCCC)COP(=O)([O-])OCC[N+](C)(C)C. The van der Waals surface area contributed by atoms with E-state index in [0.717, 1.165) is 57.8 Å². The summed E-state index contributed by atoms with van der Waals surface area (Å²) in [5.41, 5.74) is 0. The Balaban J connectivity index is 2.33. The van der Waals surface area contributed by atoms with E-state index in [0.29, 0.717) is 29.7 Å². The van der Waals surface area contributed by atoms with E-state index in [1.54, 1.807) is 0 Å². The van der Waals surface area contributed by atoms with Gasteiger partial charge in [-0.05, 0) is 51.4 Å². The second-order valence-electron chi connectivity index (χ2n) is 16.1. The van der Waals surface area contributed by atoms with Crippen LogP contribution in [0, 0.1) is 0 Å². The summed E-state index contributed by atoms with van der Waals surface area (Å²) in [7, 11) is 1.11. The summed E-state index contributed by atoms with van der Waals surface area (Å²) in [5, 5.41) is 0. The van der Waals surface area contributed by atoms with Gasteiger partial charge in [0.05, 0.1) is 40.0 Å². The van der Waals surface area contributed by atoms with E-state index in [4.69, 9.17) is 23.3 Å². The van der Waals surface area contributed by atoms with Crippen molar-refractivity contribution in [2.24, 2.45) is 0 Å². The second kappa shape index (κ2) is 34.5. The summed E-state index contributed by atoms with van der Waals surface area (Å²) in [4.78, 5) is 37.5. The van der Waals surface area contributed by atoms with Crippen LogP contribution in [0.5, 0.6) is 0 Å². The molecule has 4 atom stereocenters. The van der Waals surface area contributed by atoms with Crippen LogP contribution in [0.25, 0.3) is 0 Å². The predicted octanol–water partition coefficient (Wildman–Crippen LogP) is 10.8. The average molecular weight is 822 g/mol. The van der Waals surface area contributed by atoms with Gasteiger partial charge in [-0.2, -0.15) is 0 Å². The standard InChI is InChI=1S/C46H80NO9P/c1-6-8-10-11-12-13-14-15-19-22-25-28-32-36-45(48)52-40-42(41-54-57(50,51)53-39-38-47(3,4)5)55-46(49)37-33-29-26-23-20-17-16-18-21-24-27-31-35-44-43(56-44)34-30-9-7-2/h9,17-18,20-21,26-27,29-31,42-44H,6-8,10-16,19,22-25,28,32-41H2,1-5H3/b20-17-,21-18-,29-26-,30-9-,31-27-/t42-,43?,44?/m1/s1. The number of unbranched alkanes of at least 4 members (excludes halogenated alkanes) is 12. The summed E-state index contributed by atoms with van der Waals surface area (Å²) in [6.45, 7) is 4.00. The maximum absolute atomic E-state index is 12.6. The molecule has 1 fully saturated rings. The first-order chi connectivity index (χ1) is 27.5. The highest BCUT2D eigenvalue weighted by Gasteiger charge is 2.36. The first kappa shape index (κ1) is 52.7. The molecule has 0 aromatic rings. The Kier molecular flexibility index (Phi) is 31.9. The van der Waals surface area contributed by atoms with Crippen LogP contribution in [-0.2, 0) is 37.4 Å². The van der Waals surface area contributed by atoms with Gasteiger partial charge in [0.25, 0.3) is 7.82 Å². The fraction of sp³-hybridized carbons (Fsp3) is 0.739. The molecule has 0 saturated carbocycles. The van der Waals surface area contributed by atoms with Crippen LogP contribution in [0.15, 0.2) is 60.8 Å². The molecule has 1 aliphatic rings. The fourth-order valence-electron chi connectivity index (χ4n) is 5.90. The summed E-state index contributed by atoms with van der Waals surface area (Å²) >= 11 is 0. The normalized spacial score (nSPS) is 17.7. The minimum Gasteiger partial charge on any atom is -0.756 e. The smallest absolute Gasteiger partial charge is 0.306 e. The number of likely N-dealkylation sites (N-methyl/N-ethyl adjacent to an activating group) is 1. The largest absolute Gasteiger partial charge is 0.756 e. The molecule has 0 N–H and O–H groups in total. The third-order valence-corrected chi connectivity index (χ3v) is 10.4. The third kappa shape index (κ3) is 35.3. The molecule has 1 aliphatic heterocycles. The zero-order valence-electron chi connectivity index (χ0n) is 36.5. The fourth-order valence-corrected chi connectivity index (χ4v) is 6.63. The predicted molar refractivity (Wildman–Crippen MR) is 231 cm³/mol. The molecule has 0 radical (unpaired) electrons. The molecule has 57 heavy (non-hydrogen) atoms. The molecule has 1 heterocycles. The molecule has 1 rings (SSSR count). The van der Waals surface area contributed by atoms with Crippen LogP contribution in [0.2, 0.25) is 0 Å². The highest BCUT2D eigenvalue weighted by atomic mass is 31.2. The van der Waals surface area contributed by atoms with Gasteiger partial charge in [-0.25, -0.2) is 0 Å². The quantitative estimate of drug-likeness (QED) is 0.0149. The van der Waals surface area contributed by atoms with Gasteiger partial charge >= 0.3 is 11.9 Å². The van der Waals surface area contributed by atoms with Crippen molar-refractivity contribution in [1.29, 1.82) is 0 Å². The van der Waals surface area contributed by atoms with Gasteiger partial charge < -0.3 is 32.6 Å². The Labute approximate surface area is 347 Å². The molecular weight excluding hydrogens is 741 g/mol. The van der Waals surface area contributed by atoms with Crippen molar-refractivity contribution in [3.05, 3.63) is 60.8 Å². The minimum absolute atomic E-state index is 0.0479. The Morgan fingerprint density at radius 2 is 1.16 bits per heavy atom. The lowest BCUT2D eigenvalue weighted by Crippen LogP contribution is -2.37. The maximum Gasteiger partial charge on any atom is 0.306 e. The van der Waals surface area contributed by atoms with E-state index in [1.807, 2.05) is 33.3 Å². The Hall–Kier alpha value is -2.33. The number of hydrogen-bond donors (Lipinski definition) is 0. The highest BCUT2D eigenvalue weighted by molar-refractivity contribution is 7.45. The minimum atomic E-state index is -4.65. The molecule has 3 unspecified atom stereocenters. The molecule has 0 aromatic heterocycles. The number of allylic oxidation sites excluding steroid dienone is 8. The zero-order valence-corrected chi connectivity index (χ0v) is 37.4. The molecule has 0 spiro atoms. The zero-order chi connectivity index (χ0) is 41.9. The Morgan fingerprint density at radius 1 is 0.649 bits per heavy atom. The van der Waals surface area contributed by atoms with E-state index < -0.39 is 32.5 Å². The average Bonchev–Trinajstić information content (AvgIpc) is 3.91. The Morgan fingerprint density at radius 3 is 1.70 bits per heavy atom. The van der Waals surface area contributed by atoms with E-state index in [2.05, 4.69) is 62.5 Å². The summed E-state index contributed by atoms with van der Waals surface area (Å²) in [6, 6.07) is 0. The van der Waals surface area contributed by atoms with Crippen LogP contribution in [0.4, 0.5) is 0 Å². The molecule has 11 heteroatoms. The summed E-state index contributed by atoms with van der Waals surface area (Å²) in [6.07, 6.45) is 43.0. The van der Waals surface area contributed by atoms with Gasteiger partial charge in [0.1, 0.15) is 19.8 Å². The lowest BCUT2D eigenvalue weighted by atomic mass is 10.0. The summed E-state index contributed by atoms with van der Waals surface area (Å²) in [5.74, 6) is -0.938. The molecule has 328 valence electrons. The van der Waals surface area contributed by atoms with Crippen LogP contribution in [0.3, 0.4) is 0 Å². The number of carbonyl (C=O) groups excluding carboxylic acids is 2. The first-order valence-electron chi connectivity index (χ1n) is 22.1. The molecule has 0 amide bonds. The number of phosphoric acid groups is 1. The van der Waals surface area contributed by atoms with Crippen molar-refractivity contribution in [3.63, 3.8) is 0 Å². The number of nitrogens with zero attached hydrogens (tertiary/aromatic N) is 1. The van der Waals surface area contributed by atoms with Crippen LogP contribution >= 0.6 is 7.82 Å². The lowest BCUT2D eigenvalue weighted by Gasteiger charge is -2.28. The third-order valence-electron chi connectivity index (χ3n) is 9.47. The summed E-state index contributed by atoms with van der Waals surface area (Å²) < 4.78 is 39.5. The molecule has 0 bridgehead atoms. The number of rotatable bonds is 38. The number of quaternary nitrogens is 1. The van der Waals surface area contributed by atoms with E-state index >= 15 is 0 Å². The van der Waals surface area contributed by atoms with Crippen LogP contribution in [-0.4, -0.2) is 82.2 Å². The van der Waals surface area contributed by atoms with Crippen molar-refractivity contribution in [2.45, 2.75) is 173 Å². The molecule has 1 saturated heterocycles. The number of hydrogen-bond acceptors (Lipinski definition) is 9. The molecule has 10 nitrogen and oxygen atoms in total. The highest BCUT2D eigenvalue weighted by Crippen LogP contribution is 2.38. The van der Waals surface area contributed by atoms with Gasteiger partial charge in [-0.3, -0.25) is 14.2 Å². The van der Waals surface area contributed by atoms with Gasteiger partial charge in [0.2, 0.25) is 0 Å². The van der Waals surface area contributed by atoms with Crippen molar-refractivity contribution in [1.82, 2.24) is 0 Å². The van der Waals surface area contributed by atoms with E-state index in [9.17, 15) is 19.0 Å². The second-order valence-corrected chi connectivity index (χ2v) is 17.5. The number of phosphoric ester groups is 1. The molecular formula is C46H80NO9P. The Bertz CT molecular complexity index is 1220. The molecule has 0 aromatic carbocycles.